The van der Waals surface area contributed by atoms with Crippen molar-refractivity contribution in [3.05, 3.63) is 120 Å². The number of nitrogens with two attached hydrogens (primary N) is 3. The number of rotatable bonds is 22. The Morgan fingerprint density at radius 3 is 1.91 bits per heavy atom. The highest BCUT2D eigenvalue weighted by Crippen LogP contribution is 2.28. The van der Waals surface area contributed by atoms with Crippen LogP contribution in [0.4, 0.5) is 0 Å². The van der Waals surface area contributed by atoms with Crippen LogP contribution in [0.3, 0.4) is 0 Å². The highest BCUT2D eigenvalue weighted by molar-refractivity contribution is 8.00. The topological polar surface area (TPSA) is 643 Å². The Morgan fingerprint density at radius 1 is 0.586 bits per heavy atom. The monoisotopic (exact) mass is 1860 g/mol. The number of aromatic amines is 3. The third-order valence-corrected chi connectivity index (χ3v) is 25.2. The van der Waals surface area contributed by atoms with Crippen LogP contribution in [-0.2, 0) is 112 Å². The summed E-state index contributed by atoms with van der Waals surface area (Å²) < 4.78 is 0. The van der Waals surface area contributed by atoms with Gasteiger partial charge in [0.1, 0.15) is 72.2 Å². The summed E-state index contributed by atoms with van der Waals surface area (Å²) in [5.41, 5.74) is 19.8. The number of piperidine rings is 1. The fourth-order valence-corrected chi connectivity index (χ4v) is 17.7. The number of carbonyl (C=O) groups excluding carboxylic acids is 18. The summed E-state index contributed by atoms with van der Waals surface area (Å²) in [5, 5.41) is 60.1. The van der Waals surface area contributed by atoms with Crippen molar-refractivity contribution in [3.8, 4) is 5.75 Å². The molecule has 0 spiro atoms. The summed E-state index contributed by atoms with van der Waals surface area (Å²) in [6, 6.07) is 1.43. The number of primary amides is 3. The number of nitrogens with zero attached hydrogens (tertiary/aromatic N) is 6. The number of aliphatic hydroxyl groups excluding tert-OH is 2. The van der Waals surface area contributed by atoms with Gasteiger partial charge in [0, 0.05) is 125 Å². The van der Waals surface area contributed by atoms with Crippen molar-refractivity contribution in [2.75, 3.05) is 64.9 Å². The molecule has 4 aliphatic rings. The van der Waals surface area contributed by atoms with Crippen LogP contribution in [0.5, 0.6) is 5.75 Å². The van der Waals surface area contributed by atoms with E-state index in [1.165, 1.54) is 50.6 Å². The number of H-pyrrole nitrogens is 3. The van der Waals surface area contributed by atoms with Crippen molar-refractivity contribution >= 4 is 140 Å². The molecule has 0 unspecified atom stereocenters. The van der Waals surface area contributed by atoms with Crippen LogP contribution in [0.25, 0.3) is 21.8 Å². The van der Waals surface area contributed by atoms with Crippen LogP contribution in [0.1, 0.15) is 133 Å². The number of phenols is 1. The van der Waals surface area contributed by atoms with E-state index in [0.717, 1.165) is 31.4 Å². The first kappa shape index (κ1) is 102. The molecule has 133 heavy (non-hydrogen) atoms. The predicted molar refractivity (Wildman–Crippen MR) is 482 cm³/mol. The van der Waals surface area contributed by atoms with Gasteiger partial charge in [-0.3, -0.25) is 86.3 Å². The van der Waals surface area contributed by atoms with Crippen molar-refractivity contribution in [2.24, 2.45) is 23.1 Å². The maximum atomic E-state index is 15.6. The first-order valence-corrected chi connectivity index (χ1v) is 45.7. The summed E-state index contributed by atoms with van der Waals surface area (Å²) in [6.45, 7) is 2.05. The Hall–Kier alpha value is -13.5. The zero-order valence-electron chi connectivity index (χ0n) is 74.8. The molecule has 18 amide bonds. The quantitative estimate of drug-likeness (QED) is 0.0293. The SMILES string of the molecule is CCCC[C@H]1C(=O)N(C)[C@@H](CCCC)C(=O)N[C@@H](C)C(=O)N[C@H](C(=O)NCC(N)=O)CSCC(=O)N[C@@H](Cc2ccc(O)cc2)CC(=O)N2CCCC[C@H]2C(=O)N[C@@H](C(N)=O)C(=O)N2CC[C@@H](C2)C(=O)N[C@@H](Cc2c[nH]cn2)C(=O)N[C@@H](CCC(N)=O)C(=O)N2C[C@H](O)C[C@H]2C(=O)N[C@@H](Cc2cc3ccccc3[nH]2)C(=O)N[C@@H](CO)C(=O)N[C@@H](Cc2c[nH]c3ccccc23)C(=O)N1C. The van der Waals surface area contributed by atoms with Crippen molar-refractivity contribution in [1.29, 1.82) is 0 Å². The minimum Gasteiger partial charge on any atom is -0.508 e. The molecular formula is C89H120N22O21S. The summed E-state index contributed by atoms with van der Waals surface area (Å²) in [4.78, 5) is 279. The lowest BCUT2D eigenvalue weighted by Crippen LogP contribution is -2.61. The Kier molecular flexibility index (Phi) is 36.7. The summed E-state index contributed by atoms with van der Waals surface area (Å²) >= 11 is 0.842. The number of benzene rings is 3. The van der Waals surface area contributed by atoms with Gasteiger partial charge in [-0.05, 0) is 105 Å². The molecule has 10 rings (SSSR count). The van der Waals surface area contributed by atoms with E-state index in [9.17, 15) is 72.9 Å². The Bertz CT molecular complexity index is 5170. The molecule has 7 heterocycles. The molecular weight excluding hydrogens is 1750 g/mol. The molecule has 43 nitrogen and oxygen atoms in total. The Labute approximate surface area is 770 Å². The van der Waals surface area contributed by atoms with Crippen LogP contribution in [0, 0.1) is 5.92 Å². The van der Waals surface area contributed by atoms with Gasteiger partial charge in [-0.2, -0.15) is 0 Å². The number of hydrogen-bond donors (Lipinski definition) is 19. The zero-order valence-corrected chi connectivity index (χ0v) is 75.6. The molecule has 718 valence electrons. The maximum absolute atomic E-state index is 15.6. The number of aromatic nitrogens is 4. The average Bonchev–Trinajstić information content (AvgIpc) is 1.71. The molecule has 44 heteroatoms. The van der Waals surface area contributed by atoms with E-state index in [2.05, 4.69) is 73.1 Å². The lowest BCUT2D eigenvalue weighted by Gasteiger charge is -2.36. The van der Waals surface area contributed by atoms with Crippen LogP contribution in [0.15, 0.2) is 97.6 Å². The Morgan fingerprint density at radius 2 is 1.23 bits per heavy atom. The van der Waals surface area contributed by atoms with Gasteiger partial charge in [-0.1, -0.05) is 88.1 Å². The number of imidazole rings is 1. The van der Waals surface area contributed by atoms with E-state index in [1.54, 1.807) is 72.9 Å². The third kappa shape index (κ3) is 27.8. The van der Waals surface area contributed by atoms with Crippen LogP contribution >= 0.6 is 11.8 Å². The third-order valence-electron chi connectivity index (χ3n) is 24.2. The number of phenolic OH excluding ortho intramolecular Hbond substituents is 1. The van der Waals surface area contributed by atoms with Gasteiger partial charge in [0.2, 0.25) is 100 Å². The van der Waals surface area contributed by atoms with Gasteiger partial charge < -0.3 is 125 Å². The number of likely N-dealkylation sites (N-methyl/N-ethyl adjacent to an activating group) is 2. The molecule has 4 saturated heterocycles. The van der Waals surface area contributed by atoms with E-state index >= 15 is 28.8 Å². The van der Waals surface area contributed by atoms with Gasteiger partial charge in [0.15, 0.2) is 6.04 Å². The van der Waals surface area contributed by atoms with E-state index in [4.69, 9.17) is 17.2 Å². The van der Waals surface area contributed by atoms with E-state index in [1.807, 2.05) is 13.8 Å². The normalized spacial score (nSPS) is 25.5. The molecule has 0 aliphatic carbocycles. The second-order valence-corrected chi connectivity index (χ2v) is 35.1. The van der Waals surface area contributed by atoms with Crippen LogP contribution < -0.4 is 70.4 Å². The number of unbranched alkanes of at least 4 members (excludes halogenated alkanes) is 2. The van der Waals surface area contributed by atoms with Crippen molar-refractivity contribution in [2.45, 2.75) is 221 Å². The second-order valence-electron chi connectivity index (χ2n) is 34.1. The molecule has 2 bridgehead atoms. The number of aliphatic hydroxyl groups is 2. The summed E-state index contributed by atoms with van der Waals surface area (Å²) in [5.74, 6) is -18.9. The van der Waals surface area contributed by atoms with Gasteiger partial charge in [-0.25, -0.2) is 4.98 Å². The van der Waals surface area contributed by atoms with Crippen LogP contribution in [0.2, 0.25) is 0 Å². The van der Waals surface area contributed by atoms with Gasteiger partial charge in [0.05, 0.1) is 42.9 Å². The number of fused-ring (bicyclic) bond motifs is 6. The van der Waals surface area contributed by atoms with E-state index < -0.39 is 255 Å². The molecule has 22 N–H and O–H groups in total. The number of nitrogens with one attached hydrogen (secondary N) is 13. The van der Waals surface area contributed by atoms with Crippen molar-refractivity contribution in [1.82, 2.24) is 97.6 Å². The lowest BCUT2D eigenvalue weighted by molar-refractivity contribution is -0.149. The first-order valence-electron chi connectivity index (χ1n) is 44.5. The Balaban J connectivity index is 0.980. The second kappa shape index (κ2) is 48.0. The molecule has 0 radical (unpaired) electrons. The van der Waals surface area contributed by atoms with Crippen molar-refractivity contribution < 1.29 is 102 Å². The van der Waals surface area contributed by atoms with E-state index in [-0.39, 0.29) is 81.7 Å². The number of aromatic hydroxyl groups is 1. The standard InChI is InChI=1S/C89H120N22O21S/c1-6-8-20-67-83(126)97-48(3)77(120)105-66(79(122)95-41-72(91)116)45-133-46-73(117)99-53(32-49-23-25-56(113)26-24-49)37-74(118)110-30-15-14-22-68(110)84(127)106-75(76(92)119)89(132)109-31-29-51(42-109)78(121)101-63(36-55-40-93-47-96-55)80(123)100-61(27-28-71(90)115)87(130)111-43-57(114)38-70(111)85(128)102-62(35-54-33-50-16-10-12-18-59(50)98-54)81(124)104-65(44-112)82(125)103-64(34-52-39-94-60-19-13-11-17-58(52)60)86(129)108(5)69(21-9-7-2)88(131)107(67)4/h10-13,16-19,23-26,33,39-40,47-48,51,53,57,61-70,75,94,98,112-114H,6-9,14-15,20-22,27-32,34-38,41-46H2,1-5H3,(H2,90,115)(H2,91,116)(H2,92,119)(H,93,96)(H,95,122)(H,97,126)(H,99,117)(H,100,123)(H,101,121)(H,102,128)(H,103,125)(H,104,124)(H,105,120)(H,106,127)/t48-,51-,53-,57+,61-,62-,63-,64-,65-,66-,67-,68-,69-,70-,75-/m0/s1. The molecule has 3 aromatic carbocycles. The fraction of sp³-hybridized carbons (Fsp3) is 0.517. The summed E-state index contributed by atoms with van der Waals surface area (Å²) in [6.07, 6.45) is 2.46. The number of para-hydroxylation sites is 2. The summed E-state index contributed by atoms with van der Waals surface area (Å²) in [7, 11) is 2.69. The smallest absolute Gasteiger partial charge is 0.254 e. The number of carbonyl (C=O) groups is 18. The minimum atomic E-state index is -2.05. The fourth-order valence-electron chi connectivity index (χ4n) is 16.9. The molecule has 3 aromatic heterocycles. The predicted octanol–water partition coefficient (Wildman–Crippen LogP) is -3.56. The largest absolute Gasteiger partial charge is 0.508 e. The van der Waals surface area contributed by atoms with Crippen molar-refractivity contribution in [3.63, 3.8) is 0 Å². The minimum absolute atomic E-state index is 0.00338. The molecule has 6 aromatic rings. The highest BCUT2D eigenvalue weighted by atomic mass is 32.2. The lowest BCUT2D eigenvalue weighted by atomic mass is 9.98. The number of thioether (sulfide) groups is 1. The van der Waals surface area contributed by atoms with Gasteiger partial charge >= 0.3 is 0 Å². The molecule has 0 saturated carbocycles. The van der Waals surface area contributed by atoms with E-state index in [0.29, 0.717) is 77.2 Å². The van der Waals surface area contributed by atoms with Gasteiger partial charge in [-0.15, -0.1) is 11.8 Å². The first-order chi connectivity index (χ1) is 63.5. The number of hydrogen-bond acceptors (Lipinski definition) is 23. The molecule has 4 aliphatic heterocycles. The maximum Gasteiger partial charge on any atom is 0.254 e. The highest BCUT2D eigenvalue weighted by Gasteiger charge is 2.47. The molecule has 4 fully saturated rings. The van der Waals surface area contributed by atoms with Gasteiger partial charge in [0.25, 0.3) is 5.91 Å². The average molecular weight is 1870 g/mol. The zero-order chi connectivity index (χ0) is 96.4. The van der Waals surface area contributed by atoms with Crippen LogP contribution in [-0.4, -0.2) is 316 Å². The number of amides is 18. The molecule has 15 atom stereocenters.